The van der Waals surface area contributed by atoms with Crippen molar-refractivity contribution in [3.8, 4) is 0 Å². The number of carbonyl (C=O) groups is 1. The normalized spacial score (nSPS) is 30.3. The smallest absolute Gasteiger partial charge is 0.192 e. The number of hydrogen-bond acceptors (Lipinski definition) is 15. The first-order valence-electron chi connectivity index (χ1n) is 17.7. The molecule has 3 aliphatic heterocycles. The van der Waals surface area contributed by atoms with Gasteiger partial charge in [-0.2, -0.15) is 5.06 Å². The number of ether oxygens (including phenoxy) is 11. The van der Waals surface area contributed by atoms with E-state index in [9.17, 15) is 4.79 Å². The lowest BCUT2D eigenvalue weighted by atomic mass is 9.79. The van der Waals surface area contributed by atoms with Gasteiger partial charge in [-0.25, -0.2) is 0 Å². The highest BCUT2D eigenvalue weighted by atomic mass is 28.4. The van der Waals surface area contributed by atoms with Gasteiger partial charge in [0.25, 0.3) is 0 Å². The summed E-state index contributed by atoms with van der Waals surface area (Å²) in [6.07, 6.45) is -6.40. The molecule has 3 aliphatic rings. The van der Waals surface area contributed by atoms with Gasteiger partial charge >= 0.3 is 0 Å². The Bertz CT molecular complexity index is 1130. The summed E-state index contributed by atoms with van der Waals surface area (Å²) in [6, 6.07) is 11.6. The average Bonchev–Trinajstić information content (AvgIpc) is 3.60. The Balaban J connectivity index is 1.89. The van der Waals surface area contributed by atoms with Gasteiger partial charge in [-0.15, -0.1) is 0 Å². The number of benzene rings is 1. The number of hydrogen-bond donors (Lipinski definition) is 0. The average molecular weight is 746 g/mol. The Labute approximate surface area is 303 Å². The fraction of sp³-hybridized carbons (Fsp3) is 0.800. The highest BCUT2D eigenvalue weighted by Crippen LogP contribution is 2.43. The molecule has 1 unspecified atom stereocenters. The summed E-state index contributed by atoms with van der Waals surface area (Å²) in [7, 11) is 5.26. The van der Waals surface area contributed by atoms with Gasteiger partial charge < -0.3 is 61.4 Å². The van der Waals surface area contributed by atoms with Gasteiger partial charge in [0, 0.05) is 35.0 Å². The monoisotopic (exact) mass is 745 g/mol. The molecule has 0 amide bonds. The number of Topliss-reactive ketones (excluding diaryl/α,β-unsaturated/α-hetero) is 1. The molecule has 1 aromatic carbocycles. The lowest BCUT2D eigenvalue weighted by Gasteiger charge is -2.52. The van der Waals surface area contributed by atoms with Crippen molar-refractivity contribution in [1.29, 1.82) is 0 Å². The molecule has 3 saturated heterocycles. The molecule has 1 aromatic rings. The van der Waals surface area contributed by atoms with E-state index in [4.69, 9.17) is 61.4 Å². The van der Waals surface area contributed by atoms with Crippen molar-refractivity contribution in [3.05, 3.63) is 35.9 Å². The van der Waals surface area contributed by atoms with Crippen molar-refractivity contribution >= 4 is 14.1 Å². The highest BCUT2D eigenvalue weighted by Gasteiger charge is 2.61. The van der Waals surface area contributed by atoms with E-state index in [2.05, 4.69) is 20.8 Å². The third kappa shape index (κ3) is 10.4. The number of ketones is 1. The maximum Gasteiger partial charge on any atom is 0.192 e. The first-order valence-corrected chi connectivity index (χ1v) is 20.3. The molecule has 0 radical (unpaired) electrons. The zero-order valence-electron chi connectivity index (χ0n) is 31.4. The van der Waals surface area contributed by atoms with Crippen LogP contribution in [0.3, 0.4) is 0 Å². The Morgan fingerprint density at radius 3 is 2.00 bits per heavy atom. The zero-order chi connectivity index (χ0) is 36.8. The lowest BCUT2D eigenvalue weighted by molar-refractivity contribution is -0.316. The predicted octanol–water partition coefficient (Wildman–Crippen LogP) is 3.10. The van der Waals surface area contributed by atoms with E-state index in [1.54, 1.807) is 19.3 Å². The van der Waals surface area contributed by atoms with Gasteiger partial charge in [0.2, 0.25) is 0 Å². The minimum atomic E-state index is -2.48. The number of methoxy groups -OCH3 is 4. The summed E-state index contributed by atoms with van der Waals surface area (Å²) in [5.41, 5.74) is 0.985. The number of carbonyl (C=O) groups excluding carboxylic acids is 1. The van der Waals surface area contributed by atoms with Crippen LogP contribution in [-0.2, 0) is 72.7 Å². The van der Waals surface area contributed by atoms with Crippen LogP contribution in [0.5, 0.6) is 0 Å². The Morgan fingerprint density at radius 2 is 1.41 bits per heavy atom. The molecule has 0 N–H and O–H groups in total. The molecule has 0 aromatic heterocycles. The van der Waals surface area contributed by atoms with E-state index in [1.165, 1.54) is 21.3 Å². The van der Waals surface area contributed by atoms with Crippen molar-refractivity contribution in [2.24, 2.45) is 5.92 Å². The van der Waals surface area contributed by atoms with Gasteiger partial charge in [0.05, 0.1) is 38.4 Å². The zero-order valence-corrected chi connectivity index (χ0v) is 32.4. The van der Waals surface area contributed by atoms with Gasteiger partial charge in [-0.05, 0) is 23.7 Å². The van der Waals surface area contributed by atoms with E-state index in [1.807, 2.05) is 30.3 Å². The molecule has 51 heavy (non-hydrogen) atoms. The molecule has 3 fully saturated rings. The molecule has 0 spiro atoms. The van der Waals surface area contributed by atoms with Gasteiger partial charge in [0.1, 0.15) is 63.8 Å². The van der Waals surface area contributed by atoms with Crippen LogP contribution in [0.1, 0.15) is 26.3 Å². The van der Waals surface area contributed by atoms with Crippen molar-refractivity contribution in [3.63, 3.8) is 0 Å². The van der Waals surface area contributed by atoms with Crippen molar-refractivity contribution in [2.45, 2.75) is 101 Å². The summed E-state index contributed by atoms with van der Waals surface area (Å²) in [4.78, 5) is 20.8. The summed E-state index contributed by atoms with van der Waals surface area (Å²) in [5, 5.41) is 1.75. The van der Waals surface area contributed by atoms with Crippen molar-refractivity contribution in [2.75, 3.05) is 75.9 Å². The molecular formula is C35H59NO14Si. The number of fused-ring (bicyclic) bond motifs is 2. The van der Waals surface area contributed by atoms with Gasteiger partial charge in [-0.1, -0.05) is 51.1 Å². The first-order chi connectivity index (χ1) is 24.8. The van der Waals surface area contributed by atoms with E-state index < -0.39 is 69.3 Å². The summed E-state index contributed by atoms with van der Waals surface area (Å²) in [6.45, 7) is 6.79. The molecular weight excluding hydrogens is 686 g/mol. The Morgan fingerprint density at radius 1 is 0.804 bits per heavy atom. The predicted molar refractivity (Wildman–Crippen MR) is 185 cm³/mol. The van der Waals surface area contributed by atoms with E-state index in [0.29, 0.717) is 6.54 Å². The van der Waals surface area contributed by atoms with Crippen LogP contribution < -0.4 is 0 Å². The fourth-order valence-electron chi connectivity index (χ4n) is 7.27. The van der Waals surface area contributed by atoms with Crippen LogP contribution >= 0.6 is 0 Å². The maximum atomic E-state index is 14.8. The summed E-state index contributed by atoms with van der Waals surface area (Å²) < 4.78 is 73.0. The minimum Gasteiger partial charge on any atom is -0.410 e. The molecule has 3 heterocycles. The molecule has 2 bridgehead atoms. The maximum absolute atomic E-state index is 14.8. The number of hydroxylamine groups is 2. The van der Waals surface area contributed by atoms with Crippen molar-refractivity contribution in [1.82, 2.24) is 5.06 Å². The second kappa shape index (κ2) is 21.4. The fourth-order valence-corrected chi connectivity index (χ4v) is 10.1. The van der Waals surface area contributed by atoms with Crippen LogP contribution in [0, 0.1) is 5.92 Å². The molecule has 292 valence electrons. The number of rotatable bonds is 24. The minimum absolute atomic E-state index is 0.0235. The molecule has 15 nitrogen and oxygen atoms in total. The second-order valence-corrected chi connectivity index (χ2v) is 17.6. The van der Waals surface area contributed by atoms with Crippen LogP contribution in [-0.4, -0.2) is 150 Å². The third-order valence-corrected chi connectivity index (χ3v) is 14.7. The van der Waals surface area contributed by atoms with Crippen LogP contribution in [0.15, 0.2) is 30.3 Å². The highest BCUT2D eigenvalue weighted by molar-refractivity contribution is 6.73. The largest absolute Gasteiger partial charge is 0.410 e. The SMILES string of the molecule is CC[Si](CC)(CC)O[C@@H]([C@@H]1O[C@H](COCOC)[C@H](OCOC)[C@H](OCOC)[C@H]1OCOC)[C@@H]1C(=O)[C@H]2CO[C@@H](O2)C1N(Cc1ccccc1)OC. The van der Waals surface area contributed by atoms with Crippen molar-refractivity contribution < 1.29 is 66.2 Å². The first kappa shape index (κ1) is 42.3. The lowest BCUT2D eigenvalue weighted by Crippen LogP contribution is -2.69. The third-order valence-electron chi connectivity index (χ3n) is 10.0. The van der Waals surface area contributed by atoms with Gasteiger partial charge in [0.15, 0.2) is 20.4 Å². The van der Waals surface area contributed by atoms with E-state index in [-0.39, 0.29) is 46.2 Å². The molecule has 10 atom stereocenters. The second-order valence-electron chi connectivity index (χ2n) is 12.8. The topological polar surface area (TPSA) is 140 Å². The van der Waals surface area contributed by atoms with Crippen LogP contribution in [0.25, 0.3) is 0 Å². The quantitative estimate of drug-likeness (QED) is 0.0662. The molecule has 16 heteroatoms. The van der Waals surface area contributed by atoms with E-state index in [0.717, 1.165) is 23.7 Å². The Hall–Kier alpha value is -1.45. The Kier molecular flexibility index (Phi) is 17.8. The summed E-state index contributed by atoms with van der Waals surface area (Å²) >= 11 is 0. The molecule has 0 aliphatic carbocycles. The number of nitrogens with zero attached hydrogens (tertiary/aromatic N) is 1. The van der Waals surface area contributed by atoms with Crippen LogP contribution in [0.4, 0.5) is 0 Å². The van der Waals surface area contributed by atoms with Crippen LogP contribution in [0.2, 0.25) is 18.1 Å². The molecule has 0 saturated carbocycles. The standard InChI is InChI=1S/C35H59NO14Si/c1-9-51(10-2,11-3)50-31(27-28(35-44-19-25(49-35)29(27)37)36(42-8)17-24-15-13-12-14-16-24)34-33(47-23-41-7)32(46-22-40-6)30(45-21-39-5)26(48-34)18-43-20-38-4/h12-16,25-28,30-35H,9-11,17-23H2,1-8H3/t25-,26-,27+,28?,30+,31-,32+,33-,34+,35+/m1/s1. The summed E-state index contributed by atoms with van der Waals surface area (Å²) in [5.74, 6) is -0.983. The van der Waals surface area contributed by atoms with E-state index >= 15 is 0 Å². The molecule has 4 rings (SSSR count). The van der Waals surface area contributed by atoms with Gasteiger partial charge in [-0.3, -0.25) is 4.79 Å².